The van der Waals surface area contributed by atoms with Gasteiger partial charge in [0, 0.05) is 42.8 Å². The summed E-state index contributed by atoms with van der Waals surface area (Å²) in [7, 11) is 6.74. The molecule has 6 heteroatoms. The molecule has 0 bridgehead atoms. The van der Waals surface area contributed by atoms with Crippen LogP contribution in [0.2, 0.25) is 0 Å². The molecule has 0 unspecified atom stereocenters. The van der Waals surface area contributed by atoms with Crippen LogP contribution >= 0.6 is 22.7 Å². The highest BCUT2D eigenvalue weighted by Gasteiger charge is 2.17. The summed E-state index contributed by atoms with van der Waals surface area (Å²) >= 11 is 3.53. The first kappa shape index (κ1) is 22.2. The van der Waals surface area contributed by atoms with E-state index in [0.717, 1.165) is 45.3 Å². The van der Waals surface area contributed by atoms with E-state index < -0.39 is 0 Å². The molecular weight excluding hydrogens is 440 g/mol. The second kappa shape index (κ2) is 9.27. The summed E-state index contributed by atoms with van der Waals surface area (Å²) in [6, 6.07) is 16.6. The van der Waals surface area contributed by atoms with E-state index in [9.17, 15) is 0 Å². The molecule has 0 amide bonds. The number of benzene rings is 2. The van der Waals surface area contributed by atoms with Crippen molar-refractivity contribution < 1.29 is 18.9 Å². The highest BCUT2D eigenvalue weighted by Crippen LogP contribution is 2.46. The molecule has 0 aliphatic rings. The Morgan fingerprint density at radius 3 is 1.22 bits per heavy atom. The Balaban J connectivity index is 1.72. The number of rotatable bonds is 7. The molecule has 2 aromatic heterocycles. The number of methoxy groups -OCH3 is 4. The molecule has 0 aliphatic heterocycles. The van der Waals surface area contributed by atoms with E-state index in [2.05, 4.69) is 38.1 Å². The summed E-state index contributed by atoms with van der Waals surface area (Å²) in [6.45, 7) is 4.17. The van der Waals surface area contributed by atoms with Crippen LogP contribution in [-0.2, 0) is 0 Å². The fraction of sp³-hybridized carbons (Fsp3) is 0.231. The SMILES string of the molecule is COc1cc(C)c(-c2ccc(-c3ccc(-c4c(C)cc(OC)cc4OC)s3)s2)c(OC)c1. The van der Waals surface area contributed by atoms with Crippen molar-refractivity contribution in [2.45, 2.75) is 13.8 Å². The van der Waals surface area contributed by atoms with Crippen LogP contribution in [0, 0.1) is 13.8 Å². The highest BCUT2D eigenvalue weighted by atomic mass is 32.1. The van der Waals surface area contributed by atoms with Crippen LogP contribution in [0.1, 0.15) is 11.1 Å². The number of ether oxygens (including phenoxy) is 4. The Bertz CT molecular complexity index is 1160. The Hall–Kier alpha value is -2.96. The van der Waals surface area contributed by atoms with E-state index in [-0.39, 0.29) is 0 Å². The standard InChI is InChI=1S/C26H26O4S2/c1-15-11-17(27-3)13-19(29-5)25(15)23-9-7-21(31-23)22-8-10-24(32-22)26-16(2)12-18(28-4)14-20(26)30-6/h7-14H,1-6H3. The lowest BCUT2D eigenvalue weighted by atomic mass is 10.1. The lowest BCUT2D eigenvalue weighted by Crippen LogP contribution is -1.92. The molecule has 0 spiro atoms. The minimum atomic E-state index is 0.798. The van der Waals surface area contributed by atoms with Crippen molar-refractivity contribution >= 4 is 22.7 Å². The Kier molecular flexibility index (Phi) is 6.44. The second-order valence-electron chi connectivity index (χ2n) is 7.37. The summed E-state index contributed by atoms with van der Waals surface area (Å²) in [5.74, 6) is 3.24. The molecular formula is C26H26O4S2. The summed E-state index contributed by atoms with van der Waals surface area (Å²) in [5, 5.41) is 0. The van der Waals surface area contributed by atoms with Crippen molar-refractivity contribution in [2.24, 2.45) is 0 Å². The predicted octanol–water partition coefficient (Wildman–Crippen LogP) is 7.46. The lowest BCUT2D eigenvalue weighted by molar-refractivity contribution is 0.394. The zero-order chi connectivity index (χ0) is 22.8. The van der Waals surface area contributed by atoms with Crippen LogP contribution in [-0.4, -0.2) is 28.4 Å². The van der Waals surface area contributed by atoms with Gasteiger partial charge in [0.1, 0.15) is 23.0 Å². The molecule has 0 fully saturated rings. The fourth-order valence-electron chi connectivity index (χ4n) is 3.84. The van der Waals surface area contributed by atoms with Crippen molar-refractivity contribution in [3.63, 3.8) is 0 Å². The molecule has 0 N–H and O–H groups in total. The van der Waals surface area contributed by atoms with E-state index in [1.165, 1.54) is 19.5 Å². The molecule has 0 saturated heterocycles. The van der Waals surface area contributed by atoms with E-state index in [1.54, 1.807) is 51.1 Å². The first-order valence-electron chi connectivity index (χ1n) is 10.1. The molecule has 0 atom stereocenters. The van der Waals surface area contributed by atoms with Gasteiger partial charge in [-0.25, -0.2) is 0 Å². The monoisotopic (exact) mass is 466 g/mol. The number of thiophene rings is 2. The van der Waals surface area contributed by atoms with Gasteiger partial charge in [0.25, 0.3) is 0 Å². The van der Waals surface area contributed by atoms with Gasteiger partial charge in [-0.15, -0.1) is 22.7 Å². The minimum Gasteiger partial charge on any atom is -0.497 e. The van der Waals surface area contributed by atoms with Crippen LogP contribution in [0.3, 0.4) is 0 Å². The third-order valence-electron chi connectivity index (χ3n) is 5.40. The molecule has 0 radical (unpaired) electrons. The van der Waals surface area contributed by atoms with E-state index in [0.29, 0.717) is 0 Å². The molecule has 4 aromatic rings. The van der Waals surface area contributed by atoms with Crippen LogP contribution in [0.4, 0.5) is 0 Å². The lowest BCUT2D eigenvalue weighted by Gasteiger charge is -2.12. The predicted molar refractivity (Wildman–Crippen MR) is 134 cm³/mol. The van der Waals surface area contributed by atoms with Gasteiger partial charge in [0.05, 0.1) is 28.4 Å². The first-order valence-corrected chi connectivity index (χ1v) is 11.8. The van der Waals surface area contributed by atoms with Crippen LogP contribution in [0.5, 0.6) is 23.0 Å². The summed E-state index contributed by atoms with van der Waals surface area (Å²) in [5.41, 5.74) is 4.46. The van der Waals surface area contributed by atoms with Crippen molar-refractivity contribution in [1.82, 2.24) is 0 Å². The van der Waals surface area contributed by atoms with Gasteiger partial charge in [0.15, 0.2) is 0 Å². The summed E-state index contributed by atoms with van der Waals surface area (Å²) in [4.78, 5) is 4.78. The van der Waals surface area contributed by atoms with Gasteiger partial charge in [-0.05, 0) is 61.4 Å². The highest BCUT2D eigenvalue weighted by molar-refractivity contribution is 7.25. The van der Waals surface area contributed by atoms with Gasteiger partial charge in [-0.2, -0.15) is 0 Å². The molecule has 0 aliphatic carbocycles. The maximum atomic E-state index is 5.66. The number of hydrogen-bond acceptors (Lipinski definition) is 6. The third kappa shape index (κ3) is 4.08. The van der Waals surface area contributed by atoms with Gasteiger partial charge in [-0.3, -0.25) is 0 Å². The van der Waals surface area contributed by atoms with Crippen LogP contribution < -0.4 is 18.9 Å². The van der Waals surface area contributed by atoms with E-state index in [4.69, 9.17) is 18.9 Å². The molecule has 4 rings (SSSR count). The van der Waals surface area contributed by atoms with Crippen LogP contribution in [0.25, 0.3) is 30.6 Å². The average molecular weight is 467 g/mol. The summed E-state index contributed by atoms with van der Waals surface area (Å²) in [6.07, 6.45) is 0. The maximum absolute atomic E-state index is 5.66. The van der Waals surface area contributed by atoms with E-state index in [1.807, 2.05) is 24.3 Å². The van der Waals surface area contributed by atoms with Crippen molar-refractivity contribution in [2.75, 3.05) is 28.4 Å². The Morgan fingerprint density at radius 2 is 0.875 bits per heavy atom. The maximum Gasteiger partial charge on any atom is 0.131 e. The van der Waals surface area contributed by atoms with Gasteiger partial charge in [0.2, 0.25) is 0 Å². The zero-order valence-corrected chi connectivity index (χ0v) is 20.7. The summed E-state index contributed by atoms with van der Waals surface area (Å²) < 4.78 is 22.1. The molecule has 0 saturated carbocycles. The van der Waals surface area contributed by atoms with Crippen molar-refractivity contribution in [3.05, 3.63) is 59.7 Å². The van der Waals surface area contributed by atoms with Crippen molar-refractivity contribution in [3.8, 4) is 53.6 Å². The van der Waals surface area contributed by atoms with Gasteiger partial charge >= 0.3 is 0 Å². The third-order valence-corrected chi connectivity index (χ3v) is 7.81. The molecule has 4 nitrogen and oxygen atoms in total. The zero-order valence-electron chi connectivity index (χ0n) is 19.1. The fourth-order valence-corrected chi connectivity index (χ4v) is 6.18. The number of hydrogen-bond donors (Lipinski definition) is 0. The minimum absolute atomic E-state index is 0.798. The molecule has 2 aromatic carbocycles. The van der Waals surface area contributed by atoms with E-state index >= 15 is 0 Å². The smallest absolute Gasteiger partial charge is 0.131 e. The van der Waals surface area contributed by atoms with Crippen LogP contribution in [0.15, 0.2) is 48.5 Å². The Labute approximate surface area is 197 Å². The molecule has 2 heterocycles. The van der Waals surface area contributed by atoms with Gasteiger partial charge in [-0.1, -0.05) is 0 Å². The van der Waals surface area contributed by atoms with Crippen molar-refractivity contribution in [1.29, 1.82) is 0 Å². The van der Waals surface area contributed by atoms with Gasteiger partial charge < -0.3 is 18.9 Å². The largest absolute Gasteiger partial charge is 0.497 e. The molecule has 166 valence electrons. The second-order valence-corrected chi connectivity index (χ2v) is 9.54. The average Bonchev–Trinajstić information content (AvgIpc) is 3.47. The first-order chi connectivity index (χ1) is 15.5. The normalized spacial score (nSPS) is 10.8. The Morgan fingerprint density at radius 1 is 0.500 bits per heavy atom. The number of aryl methyl sites for hydroxylation is 2. The molecule has 32 heavy (non-hydrogen) atoms. The topological polar surface area (TPSA) is 36.9 Å². The quantitative estimate of drug-likeness (QED) is 0.283.